The second-order valence-corrected chi connectivity index (χ2v) is 8.23. The summed E-state index contributed by atoms with van der Waals surface area (Å²) < 4.78 is 13.1. The Bertz CT molecular complexity index is 1170. The van der Waals surface area contributed by atoms with E-state index in [1.54, 1.807) is 24.5 Å². The number of nitrogens with one attached hydrogen (secondary N) is 1. The number of aromatic nitrogens is 3. The van der Waals surface area contributed by atoms with Crippen LogP contribution in [0.25, 0.3) is 5.69 Å². The number of carbonyl (C=O) groups is 1. The van der Waals surface area contributed by atoms with Crippen LogP contribution in [0.5, 0.6) is 5.75 Å². The summed E-state index contributed by atoms with van der Waals surface area (Å²) in [5.41, 5.74) is 0.877. The highest BCUT2D eigenvalue weighted by Crippen LogP contribution is 2.26. The number of hydrogen-bond acceptors (Lipinski definition) is 6. The summed E-state index contributed by atoms with van der Waals surface area (Å²) in [6.45, 7) is 2.05. The fourth-order valence-electron chi connectivity index (χ4n) is 3.05. The average molecular weight is 469 g/mol. The van der Waals surface area contributed by atoms with Gasteiger partial charge in [-0.2, -0.15) is 0 Å². The molecule has 0 saturated carbocycles. The fourth-order valence-corrected chi connectivity index (χ4v) is 4.02. The number of benzene rings is 2. The van der Waals surface area contributed by atoms with Gasteiger partial charge in [-0.15, -0.1) is 10.2 Å². The number of amides is 1. The molecule has 2 heterocycles. The van der Waals surface area contributed by atoms with Crippen molar-refractivity contribution in [1.82, 2.24) is 20.1 Å². The van der Waals surface area contributed by atoms with E-state index in [-0.39, 0.29) is 24.3 Å². The summed E-state index contributed by atoms with van der Waals surface area (Å²) >= 11 is 7.49. The monoisotopic (exact) mass is 468 g/mol. The Labute approximate surface area is 194 Å². The Kier molecular flexibility index (Phi) is 7.14. The van der Waals surface area contributed by atoms with Crippen molar-refractivity contribution in [2.24, 2.45) is 0 Å². The van der Waals surface area contributed by atoms with Gasteiger partial charge in [0, 0.05) is 5.69 Å². The van der Waals surface area contributed by atoms with E-state index in [4.69, 9.17) is 20.8 Å². The topological polar surface area (TPSA) is 82.2 Å². The molecule has 4 rings (SSSR count). The molecule has 0 bridgehead atoms. The molecule has 0 aliphatic carbocycles. The van der Waals surface area contributed by atoms with Gasteiger partial charge < -0.3 is 14.5 Å². The molecule has 1 N–H and O–H groups in total. The lowest BCUT2D eigenvalue weighted by molar-refractivity contribution is -0.119. The van der Waals surface area contributed by atoms with Crippen molar-refractivity contribution in [2.75, 3.05) is 5.75 Å². The standard InChI is InChI=1S/C23H21ClN4O3S/c1-16(19-12-7-13-30-19)25-22(29)15-32-23-27-26-21(28(23)17-8-3-2-4-9-17)14-31-20-11-6-5-10-18(20)24/h2-13,16H,14-15H2,1H3,(H,25,29)/t16-/m0/s1. The van der Waals surface area contributed by atoms with Crippen molar-refractivity contribution in [2.45, 2.75) is 24.7 Å². The quantitative estimate of drug-likeness (QED) is 0.346. The van der Waals surface area contributed by atoms with Gasteiger partial charge in [-0.3, -0.25) is 9.36 Å². The zero-order chi connectivity index (χ0) is 22.3. The first-order chi connectivity index (χ1) is 15.6. The normalized spacial score (nSPS) is 11.8. The van der Waals surface area contributed by atoms with Crippen molar-refractivity contribution < 1.29 is 13.9 Å². The summed E-state index contributed by atoms with van der Waals surface area (Å²) in [5, 5.41) is 12.6. The summed E-state index contributed by atoms with van der Waals surface area (Å²) in [5.74, 6) is 1.92. The van der Waals surface area contributed by atoms with Crippen LogP contribution in [0.2, 0.25) is 5.02 Å². The van der Waals surface area contributed by atoms with Crippen molar-refractivity contribution >= 4 is 29.3 Å². The van der Waals surface area contributed by atoms with Crippen LogP contribution in [0.4, 0.5) is 0 Å². The van der Waals surface area contributed by atoms with E-state index < -0.39 is 0 Å². The highest BCUT2D eigenvalue weighted by Gasteiger charge is 2.18. The Morgan fingerprint density at radius 3 is 2.66 bits per heavy atom. The number of carbonyl (C=O) groups excluding carboxylic acids is 1. The largest absolute Gasteiger partial charge is 0.484 e. The molecule has 4 aromatic rings. The number of thioether (sulfide) groups is 1. The number of halogens is 1. The van der Waals surface area contributed by atoms with Crippen LogP contribution >= 0.6 is 23.4 Å². The van der Waals surface area contributed by atoms with Gasteiger partial charge in [0.05, 0.1) is 23.1 Å². The van der Waals surface area contributed by atoms with Crippen molar-refractivity contribution in [3.05, 3.63) is 89.6 Å². The molecule has 2 aromatic heterocycles. The third-order valence-electron chi connectivity index (χ3n) is 4.59. The Morgan fingerprint density at radius 1 is 1.12 bits per heavy atom. The van der Waals surface area contributed by atoms with E-state index in [1.807, 2.05) is 60.0 Å². The second-order valence-electron chi connectivity index (χ2n) is 6.88. The van der Waals surface area contributed by atoms with Crippen molar-refractivity contribution in [3.8, 4) is 11.4 Å². The molecule has 0 aliphatic heterocycles. The van der Waals surface area contributed by atoms with E-state index in [1.165, 1.54) is 11.8 Å². The summed E-state index contributed by atoms with van der Waals surface area (Å²) in [6, 6.07) is 20.4. The van der Waals surface area contributed by atoms with Gasteiger partial charge in [0.1, 0.15) is 18.1 Å². The van der Waals surface area contributed by atoms with Crippen LogP contribution in [0.3, 0.4) is 0 Å². The molecule has 32 heavy (non-hydrogen) atoms. The molecule has 0 unspecified atom stereocenters. The molecule has 0 saturated heterocycles. The van der Waals surface area contributed by atoms with Gasteiger partial charge in [-0.25, -0.2) is 0 Å². The molecular formula is C23H21ClN4O3S. The van der Waals surface area contributed by atoms with Crippen LogP contribution < -0.4 is 10.1 Å². The molecule has 7 nitrogen and oxygen atoms in total. The number of ether oxygens (including phenoxy) is 1. The van der Waals surface area contributed by atoms with Crippen LogP contribution in [-0.4, -0.2) is 26.4 Å². The molecule has 2 aromatic carbocycles. The van der Waals surface area contributed by atoms with E-state index in [0.29, 0.717) is 27.5 Å². The van der Waals surface area contributed by atoms with E-state index in [9.17, 15) is 4.79 Å². The third kappa shape index (κ3) is 5.33. The zero-order valence-corrected chi connectivity index (χ0v) is 18.8. The molecule has 1 amide bonds. The Hall–Kier alpha value is -3.23. The Balaban J connectivity index is 1.48. The molecule has 0 fully saturated rings. The van der Waals surface area contributed by atoms with Gasteiger partial charge in [-0.05, 0) is 43.3 Å². The average Bonchev–Trinajstić information content (AvgIpc) is 3.48. The van der Waals surface area contributed by atoms with Crippen LogP contribution in [-0.2, 0) is 11.4 Å². The van der Waals surface area contributed by atoms with Gasteiger partial charge in [-0.1, -0.05) is 53.7 Å². The maximum absolute atomic E-state index is 12.5. The predicted molar refractivity (Wildman–Crippen MR) is 123 cm³/mol. The first kappa shape index (κ1) is 22.0. The molecular weight excluding hydrogens is 448 g/mol. The zero-order valence-electron chi connectivity index (χ0n) is 17.3. The number of nitrogens with zero attached hydrogens (tertiary/aromatic N) is 3. The van der Waals surface area contributed by atoms with Crippen LogP contribution in [0.15, 0.2) is 82.6 Å². The molecule has 9 heteroatoms. The smallest absolute Gasteiger partial charge is 0.231 e. The molecule has 164 valence electrons. The number of hydrogen-bond donors (Lipinski definition) is 1. The van der Waals surface area contributed by atoms with Crippen molar-refractivity contribution in [3.63, 3.8) is 0 Å². The minimum absolute atomic E-state index is 0.129. The maximum Gasteiger partial charge on any atom is 0.231 e. The molecule has 0 radical (unpaired) electrons. The second kappa shape index (κ2) is 10.4. The van der Waals surface area contributed by atoms with E-state index >= 15 is 0 Å². The molecule has 1 atom stereocenters. The highest BCUT2D eigenvalue weighted by molar-refractivity contribution is 7.99. The molecule has 0 spiro atoms. The van der Waals surface area contributed by atoms with E-state index in [2.05, 4.69) is 15.5 Å². The molecule has 0 aliphatic rings. The van der Waals surface area contributed by atoms with Gasteiger partial charge in [0.25, 0.3) is 0 Å². The number of rotatable bonds is 9. The lowest BCUT2D eigenvalue weighted by Crippen LogP contribution is -2.28. The van der Waals surface area contributed by atoms with Gasteiger partial charge in [0.2, 0.25) is 5.91 Å². The Morgan fingerprint density at radius 2 is 1.91 bits per heavy atom. The van der Waals surface area contributed by atoms with Crippen LogP contribution in [0, 0.1) is 0 Å². The lowest BCUT2D eigenvalue weighted by Gasteiger charge is -2.13. The van der Waals surface area contributed by atoms with E-state index in [0.717, 1.165) is 5.69 Å². The third-order valence-corrected chi connectivity index (χ3v) is 5.83. The highest BCUT2D eigenvalue weighted by atomic mass is 35.5. The summed E-state index contributed by atoms with van der Waals surface area (Å²) in [4.78, 5) is 12.5. The number of furan rings is 1. The SMILES string of the molecule is C[C@H](NC(=O)CSc1nnc(COc2ccccc2Cl)n1-c1ccccc1)c1ccco1. The van der Waals surface area contributed by atoms with Crippen molar-refractivity contribution in [1.29, 1.82) is 0 Å². The maximum atomic E-state index is 12.5. The summed E-state index contributed by atoms with van der Waals surface area (Å²) in [6.07, 6.45) is 1.58. The predicted octanol–water partition coefficient (Wildman–Crippen LogP) is 5.06. The minimum Gasteiger partial charge on any atom is -0.484 e. The lowest BCUT2D eigenvalue weighted by atomic mass is 10.2. The van der Waals surface area contributed by atoms with Gasteiger partial charge >= 0.3 is 0 Å². The first-order valence-corrected chi connectivity index (χ1v) is 11.3. The van der Waals surface area contributed by atoms with Gasteiger partial charge in [0.15, 0.2) is 11.0 Å². The first-order valence-electron chi connectivity index (χ1n) is 9.94. The van der Waals surface area contributed by atoms with Crippen LogP contribution in [0.1, 0.15) is 24.6 Å². The minimum atomic E-state index is -0.218. The fraction of sp³-hybridized carbons (Fsp3) is 0.174. The number of para-hydroxylation sites is 2. The summed E-state index contributed by atoms with van der Waals surface area (Å²) in [7, 11) is 0.